The van der Waals surface area contributed by atoms with Crippen LogP contribution in [0.25, 0.3) is 11.5 Å². The third-order valence-electron chi connectivity index (χ3n) is 3.94. The van der Waals surface area contributed by atoms with Crippen LogP contribution in [0.2, 0.25) is 0 Å². The lowest BCUT2D eigenvalue weighted by atomic mass is 9.92. The van der Waals surface area contributed by atoms with E-state index >= 15 is 0 Å². The van der Waals surface area contributed by atoms with Gasteiger partial charge in [0, 0.05) is 11.4 Å². The van der Waals surface area contributed by atoms with Crippen molar-refractivity contribution in [1.29, 1.82) is 0 Å². The molecule has 3 rings (SSSR count). The molecule has 2 aromatic rings. The molecule has 0 radical (unpaired) electrons. The standard InChI is InChI=1S/C14H17N3O3S/c1-9-6-10(14(18)19)2-4-17(9)7-12-15-13(20-16-12)11-3-5-21-8-11/h3,5,8-10H,2,4,6-7H2,1H3,(H,18,19). The largest absolute Gasteiger partial charge is 0.481 e. The van der Waals surface area contributed by atoms with Crippen molar-refractivity contribution in [2.24, 2.45) is 5.92 Å². The molecule has 112 valence electrons. The van der Waals surface area contributed by atoms with Crippen molar-refractivity contribution in [2.45, 2.75) is 32.4 Å². The van der Waals surface area contributed by atoms with E-state index in [9.17, 15) is 4.79 Å². The first kappa shape index (κ1) is 14.2. The van der Waals surface area contributed by atoms with Gasteiger partial charge in [0.2, 0.25) is 0 Å². The average Bonchev–Trinajstić information content (AvgIpc) is 3.11. The normalized spacial score (nSPS) is 23.3. The average molecular weight is 307 g/mol. The number of hydrogen-bond acceptors (Lipinski definition) is 6. The molecule has 3 heterocycles. The zero-order valence-corrected chi connectivity index (χ0v) is 12.5. The van der Waals surface area contributed by atoms with Gasteiger partial charge in [-0.15, -0.1) is 0 Å². The summed E-state index contributed by atoms with van der Waals surface area (Å²) in [5.41, 5.74) is 0.941. The molecule has 0 spiro atoms. The summed E-state index contributed by atoms with van der Waals surface area (Å²) in [6, 6.07) is 2.16. The fourth-order valence-electron chi connectivity index (χ4n) is 2.68. The summed E-state index contributed by atoms with van der Waals surface area (Å²) >= 11 is 1.59. The number of nitrogens with zero attached hydrogens (tertiary/aromatic N) is 3. The number of likely N-dealkylation sites (tertiary alicyclic amines) is 1. The molecule has 2 atom stereocenters. The van der Waals surface area contributed by atoms with Crippen molar-refractivity contribution in [1.82, 2.24) is 15.0 Å². The van der Waals surface area contributed by atoms with E-state index in [0.29, 0.717) is 31.1 Å². The molecular weight excluding hydrogens is 290 g/mol. The Bertz CT molecular complexity index is 611. The van der Waals surface area contributed by atoms with Crippen LogP contribution in [-0.4, -0.2) is 38.7 Å². The molecule has 21 heavy (non-hydrogen) atoms. The molecular formula is C14H17N3O3S. The smallest absolute Gasteiger partial charge is 0.306 e. The van der Waals surface area contributed by atoms with E-state index < -0.39 is 5.97 Å². The van der Waals surface area contributed by atoms with Crippen molar-refractivity contribution in [3.63, 3.8) is 0 Å². The highest BCUT2D eigenvalue weighted by Crippen LogP contribution is 2.25. The van der Waals surface area contributed by atoms with E-state index in [2.05, 4.69) is 22.0 Å². The van der Waals surface area contributed by atoms with Crippen molar-refractivity contribution < 1.29 is 14.4 Å². The Labute approximate surface area is 126 Å². The molecule has 1 aliphatic rings. The number of aromatic nitrogens is 2. The SMILES string of the molecule is CC1CC(C(=O)O)CCN1Cc1noc(-c2ccsc2)n1. The van der Waals surface area contributed by atoms with E-state index in [4.69, 9.17) is 9.63 Å². The number of piperidine rings is 1. The van der Waals surface area contributed by atoms with Crippen LogP contribution in [0.4, 0.5) is 0 Å². The van der Waals surface area contributed by atoms with Crippen LogP contribution >= 0.6 is 11.3 Å². The first-order chi connectivity index (χ1) is 10.1. The molecule has 0 amide bonds. The second-order valence-corrected chi connectivity index (χ2v) is 6.19. The van der Waals surface area contributed by atoms with Gasteiger partial charge in [0.15, 0.2) is 5.82 Å². The summed E-state index contributed by atoms with van der Waals surface area (Å²) in [6.07, 6.45) is 1.35. The number of carboxylic acid groups (broad SMARTS) is 1. The summed E-state index contributed by atoms with van der Waals surface area (Å²) in [7, 11) is 0. The van der Waals surface area contributed by atoms with Crippen molar-refractivity contribution in [3.8, 4) is 11.5 Å². The lowest BCUT2D eigenvalue weighted by Crippen LogP contribution is -2.42. The fraction of sp³-hybridized carbons (Fsp3) is 0.500. The van der Waals surface area contributed by atoms with Crippen LogP contribution in [0.1, 0.15) is 25.6 Å². The Morgan fingerprint density at radius 2 is 2.48 bits per heavy atom. The van der Waals surface area contributed by atoms with Gasteiger partial charge in [0.1, 0.15) is 0 Å². The lowest BCUT2D eigenvalue weighted by molar-refractivity contribution is -0.144. The summed E-state index contributed by atoms with van der Waals surface area (Å²) in [6.45, 7) is 3.40. The minimum atomic E-state index is -0.694. The third kappa shape index (κ3) is 3.14. The minimum absolute atomic E-state index is 0.211. The molecule has 0 aromatic carbocycles. The van der Waals surface area contributed by atoms with Gasteiger partial charge in [-0.1, -0.05) is 5.16 Å². The molecule has 1 N–H and O–H groups in total. The van der Waals surface area contributed by atoms with Gasteiger partial charge in [-0.05, 0) is 37.8 Å². The summed E-state index contributed by atoms with van der Waals surface area (Å²) in [4.78, 5) is 17.7. The molecule has 7 heteroatoms. The van der Waals surface area contributed by atoms with E-state index in [0.717, 1.165) is 12.1 Å². The highest BCUT2D eigenvalue weighted by atomic mass is 32.1. The van der Waals surface area contributed by atoms with Crippen molar-refractivity contribution in [3.05, 3.63) is 22.7 Å². The van der Waals surface area contributed by atoms with Crippen LogP contribution in [0.3, 0.4) is 0 Å². The van der Waals surface area contributed by atoms with Gasteiger partial charge in [-0.2, -0.15) is 16.3 Å². The molecule has 0 bridgehead atoms. The maximum absolute atomic E-state index is 11.0. The topological polar surface area (TPSA) is 79.5 Å². The van der Waals surface area contributed by atoms with Gasteiger partial charge >= 0.3 is 5.97 Å². The molecule has 2 aromatic heterocycles. The van der Waals surface area contributed by atoms with E-state index in [-0.39, 0.29) is 12.0 Å². The van der Waals surface area contributed by atoms with Crippen LogP contribution in [0.15, 0.2) is 21.3 Å². The predicted octanol–water partition coefficient (Wildman–Crippen LogP) is 2.48. The Balaban J connectivity index is 1.63. The monoisotopic (exact) mass is 307 g/mol. The lowest BCUT2D eigenvalue weighted by Gasteiger charge is -2.35. The van der Waals surface area contributed by atoms with Gasteiger partial charge in [-0.25, -0.2) is 0 Å². The summed E-state index contributed by atoms with van der Waals surface area (Å²) < 4.78 is 5.27. The van der Waals surface area contributed by atoms with Crippen molar-refractivity contribution >= 4 is 17.3 Å². The second-order valence-electron chi connectivity index (χ2n) is 5.41. The Kier molecular flexibility index (Phi) is 4.03. The zero-order chi connectivity index (χ0) is 14.8. The van der Waals surface area contributed by atoms with Gasteiger partial charge in [0.25, 0.3) is 5.89 Å². The molecule has 2 unspecified atom stereocenters. The minimum Gasteiger partial charge on any atom is -0.481 e. The predicted molar refractivity (Wildman–Crippen MR) is 77.8 cm³/mol. The van der Waals surface area contributed by atoms with Gasteiger partial charge in [0.05, 0.1) is 18.0 Å². The molecule has 6 nitrogen and oxygen atoms in total. The zero-order valence-electron chi connectivity index (χ0n) is 11.7. The number of rotatable bonds is 4. The number of carboxylic acids is 1. The molecule has 0 saturated carbocycles. The highest BCUT2D eigenvalue weighted by Gasteiger charge is 2.30. The Morgan fingerprint density at radius 3 is 3.14 bits per heavy atom. The number of thiophene rings is 1. The first-order valence-electron chi connectivity index (χ1n) is 6.95. The molecule has 1 saturated heterocycles. The van der Waals surface area contributed by atoms with Crippen molar-refractivity contribution in [2.75, 3.05) is 6.54 Å². The molecule has 0 aliphatic carbocycles. The van der Waals surface area contributed by atoms with E-state index in [1.54, 1.807) is 11.3 Å². The fourth-order valence-corrected chi connectivity index (χ4v) is 3.31. The number of hydrogen-bond donors (Lipinski definition) is 1. The molecule has 1 fully saturated rings. The summed E-state index contributed by atoms with van der Waals surface area (Å²) in [5.74, 6) is 0.264. The van der Waals surface area contributed by atoms with E-state index in [1.807, 2.05) is 16.8 Å². The Hall–Kier alpha value is -1.73. The molecule has 1 aliphatic heterocycles. The van der Waals surface area contributed by atoms with E-state index in [1.165, 1.54) is 0 Å². The van der Waals surface area contributed by atoms with Crippen LogP contribution in [0, 0.1) is 5.92 Å². The van der Waals surface area contributed by atoms with Crippen LogP contribution in [-0.2, 0) is 11.3 Å². The maximum Gasteiger partial charge on any atom is 0.306 e. The van der Waals surface area contributed by atoms with Crippen LogP contribution in [0.5, 0.6) is 0 Å². The van der Waals surface area contributed by atoms with Crippen LogP contribution < -0.4 is 0 Å². The van der Waals surface area contributed by atoms with Gasteiger partial charge in [-0.3, -0.25) is 9.69 Å². The van der Waals surface area contributed by atoms with Gasteiger partial charge < -0.3 is 9.63 Å². The summed E-state index contributed by atoms with van der Waals surface area (Å²) in [5, 5.41) is 17.0. The Morgan fingerprint density at radius 1 is 1.62 bits per heavy atom. The third-order valence-corrected chi connectivity index (χ3v) is 4.63. The number of carbonyl (C=O) groups is 1. The highest BCUT2D eigenvalue weighted by molar-refractivity contribution is 7.08. The second kappa shape index (κ2) is 5.95. The maximum atomic E-state index is 11.0. The number of aliphatic carboxylic acids is 1. The quantitative estimate of drug-likeness (QED) is 0.935. The first-order valence-corrected chi connectivity index (χ1v) is 7.90.